The van der Waals surface area contributed by atoms with Crippen LogP contribution in [0.15, 0.2) is 29.1 Å². The lowest BCUT2D eigenvalue weighted by Gasteiger charge is -2.16. The number of nitrogens with one attached hydrogen (secondary N) is 3. The number of carbonyl (C=O) groups is 1. The lowest BCUT2D eigenvalue weighted by molar-refractivity contribution is 0.0788. The Bertz CT molecular complexity index is 1120. The molecule has 1 aliphatic rings. The molecule has 0 saturated carbocycles. The summed E-state index contributed by atoms with van der Waals surface area (Å²) in [4.78, 5) is 38.5. The zero-order chi connectivity index (χ0) is 20.5. The van der Waals surface area contributed by atoms with Crippen molar-refractivity contribution < 1.29 is 4.79 Å². The van der Waals surface area contributed by atoms with Crippen LogP contribution in [-0.4, -0.2) is 49.0 Å². The van der Waals surface area contributed by atoms with E-state index in [-0.39, 0.29) is 22.9 Å². The number of amides is 1. The average molecular weight is 393 g/mol. The zero-order valence-electron chi connectivity index (χ0n) is 16.6. The third kappa shape index (κ3) is 4.03. The number of nitrogens with zero attached hydrogens (tertiary/aromatic N) is 4. The molecular weight excluding hydrogens is 370 g/mol. The van der Waals surface area contributed by atoms with Gasteiger partial charge in [-0.1, -0.05) is 0 Å². The van der Waals surface area contributed by atoms with Crippen LogP contribution >= 0.6 is 0 Å². The van der Waals surface area contributed by atoms with Crippen LogP contribution in [0.5, 0.6) is 0 Å². The fourth-order valence-electron chi connectivity index (χ4n) is 3.52. The fourth-order valence-corrected chi connectivity index (χ4v) is 3.52. The van der Waals surface area contributed by atoms with Crippen LogP contribution in [0.25, 0.3) is 0 Å². The number of rotatable bonds is 4. The molecule has 4 rings (SSSR count). The van der Waals surface area contributed by atoms with E-state index in [2.05, 4.69) is 30.5 Å². The van der Waals surface area contributed by atoms with Gasteiger partial charge in [-0.3, -0.25) is 14.7 Å². The summed E-state index contributed by atoms with van der Waals surface area (Å²) in [5, 5.41) is 10.2. The highest BCUT2D eigenvalue weighted by Crippen LogP contribution is 2.27. The normalized spacial score (nSPS) is 16.2. The highest BCUT2D eigenvalue weighted by Gasteiger charge is 2.31. The van der Waals surface area contributed by atoms with Crippen molar-refractivity contribution in [3.05, 3.63) is 63.1 Å². The van der Waals surface area contributed by atoms with Gasteiger partial charge in [0.2, 0.25) is 0 Å². The van der Waals surface area contributed by atoms with E-state index in [1.165, 1.54) is 0 Å². The van der Waals surface area contributed by atoms with Gasteiger partial charge in [-0.05, 0) is 39.3 Å². The number of H-pyrrole nitrogens is 2. The molecule has 0 aromatic carbocycles. The second-order valence-electron chi connectivity index (χ2n) is 7.43. The molecule has 3 aromatic heterocycles. The first kappa shape index (κ1) is 18.9. The minimum absolute atomic E-state index is 0.0184. The summed E-state index contributed by atoms with van der Waals surface area (Å²) in [5.41, 5.74) is 2.33. The van der Waals surface area contributed by atoms with E-state index in [0.29, 0.717) is 30.5 Å². The van der Waals surface area contributed by atoms with Crippen molar-refractivity contribution in [2.45, 2.75) is 33.1 Å². The molecule has 0 aliphatic carbocycles. The maximum Gasteiger partial charge on any atom is 0.260 e. The summed E-state index contributed by atoms with van der Waals surface area (Å²) in [6.45, 7) is 6.67. The van der Waals surface area contributed by atoms with E-state index in [1.54, 1.807) is 24.0 Å². The zero-order valence-corrected chi connectivity index (χ0v) is 16.6. The smallest absolute Gasteiger partial charge is 0.260 e. The van der Waals surface area contributed by atoms with Crippen LogP contribution in [0.1, 0.15) is 45.6 Å². The standard InChI is InChI=1S/C20H23N7O2/c1-11-4-5-15(19(28)22-11)20(29)27-7-6-14(10-27)18-21-12(2)8-16(24-18)23-17-9-13(3)25-26-17/h4-5,8-9,14H,6-7,10H2,1-3H3,(H,22,28)(H2,21,23,24,25,26). The predicted octanol–water partition coefficient (Wildman–Crippen LogP) is 2.19. The van der Waals surface area contributed by atoms with Crippen LogP contribution in [0.4, 0.5) is 11.6 Å². The van der Waals surface area contributed by atoms with E-state index in [9.17, 15) is 9.59 Å². The Morgan fingerprint density at radius 2 is 1.97 bits per heavy atom. The van der Waals surface area contributed by atoms with E-state index in [0.717, 1.165) is 23.5 Å². The molecule has 3 aromatic rings. The van der Waals surface area contributed by atoms with E-state index < -0.39 is 0 Å². The minimum atomic E-state index is -0.356. The Balaban J connectivity index is 1.51. The Labute approximate surface area is 167 Å². The largest absolute Gasteiger partial charge is 0.338 e. The van der Waals surface area contributed by atoms with Crippen LogP contribution in [0, 0.1) is 20.8 Å². The number of aromatic nitrogens is 5. The first-order valence-electron chi connectivity index (χ1n) is 9.53. The third-order valence-corrected chi connectivity index (χ3v) is 4.96. The van der Waals surface area contributed by atoms with Gasteiger partial charge in [0.1, 0.15) is 17.2 Å². The van der Waals surface area contributed by atoms with Crippen molar-refractivity contribution in [1.82, 2.24) is 30.0 Å². The van der Waals surface area contributed by atoms with Crippen LogP contribution in [-0.2, 0) is 0 Å². The SMILES string of the molecule is Cc1cc(Nc2cc(C)[nH]n2)nc(C2CCN(C(=O)c3ccc(C)[nH]c3=O)C2)n1. The van der Waals surface area contributed by atoms with Gasteiger partial charge in [-0.15, -0.1) is 0 Å². The van der Waals surface area contributed by atoms with Gasteiger partial charge in [-0.25, -0.2) is 9.97 Å². The topological polar surface area (TPSA) is 120 Å². The molecule has 1 unspecified atom stereocenters. The van der Waals surface area contributed by atoms with Gasteiger partial charge in [0, 0.05) is 48.2 Å². The van der Waals surface area contributed by atoms with Gasteiger partial charge in [-0.2, -0.15) is 5.10 Å². The molecule has 0 radical (unpaired) electrons. The number of anilines is 2. The molecule has 1 saturated heterocycles. The Morgan fingerprint density at radius 1 is 1.14 bits per heavy atom. The quantitative estimate of drug-likeness (QED) is 0.625. The predicted molar refractivity (Wildman–Crippen MR) is 108 cm³/mol. The molecular formula is C20H23N7O2. The Kier molecular flexibility index (Phi) is 4.87. The number of pyridine rings is 1. The van der Waals surface area contributed by atoms with Gasteiger partial charge in [0.25, 0.3) is 11.5 Å². The van der Waals surface area contributed by atoms with Crippen LogP contribution < -0.4 is 10.9 Å². The minimum Gasteiger partial charge on any atom is -0.338 e. The summed E-state index contributed by atoms with van der Waals surface area (Å²) >= 11 is 0. The fraction of sp³-hybridized carbons (Fsp3) is 0.350. The monoisotopic (exact) mass is 393 g/mol. The van der Waals surface area contributed by atoms with Crippen LogP contribution in [0.2, 0.25) is 0 Å². The number of aryl methyl sites for hydroxylation is 3. The number of hydrogen-bond acceptors (Lipinski definition) is 6. The Hall–Kier alpha value is -3.49. The molecule has 0 spiro atoms. The first-order valence-corrected chi connectivity index (χ1v) is 9.53. The molecule has 9 nitrogen and oxygen atoms in total. The van der Waals surface area contributed by atoms with Crippen molar-refractivity contribution in [3.8, 4) is 0 Å². The summed E-state index contributed by atoms with van der Waals surface area (Å²) in [5.74, 6) is 1.80. The lowest BCUT2D eigenvalue weighted by atomic mass is 10.1. The molecule has 9 heteroatoms. The molecule has 29 heavy (non-hydrogen) atoms. The summed E-state index contributed by atoms with van der Waals surface area (Å²) < 4.78 is 0. The maximum atomic E-state index is 12.8. The molecule has 0 bridgehead atoms. The van der Waals surface area contributed by atoms with Crippen molar-refractivity contribution >= 4 is 17.5 Å². The number of hydrogen-bond donors (Lipinski definition) is 3. The third-order valence-electron chi connectivity index (χ3n) is 4.96. The maximum absolute atomic E-state index is 12.8. The van der Waals surface area contributed by atoms with Crippen molar-refractivity contribution in [2.24, 2.45) is 0 Å². The molecule has 1 fully saturated rings. The first-order chi connectivity index (χ1) is 13.9. The van der Waals surface area contributed by atoms with Crippen LogP contribution in [0.3, 0.4) is 0 Å². The van der Waals surface area contributed by atoms with Crippen molar-refractivity contribution in [2.75, 3.05) is 18.4 Å². The van der Waals surface area contributed by atoms with Gasteiger partial charge in [0.05, 0.1) is 0 Å². The van der Waals surface area contributed by atoms with Gasteiger partial charge < -0.3 is 15.2 Å². The number of aromatic amines is 2. The molecule has 1 amide bonds. The van der Waals surface area contributed by atoms with E-state index >= 15 is 0 Å². The second-order valence-corrected chi connectivity index (χ2v) is 7.43. The second kappa shape index (κ2) is 7.50. The Morgan fingerprint density at radius 3 is 2.69 bits per heavy atom. The lowest BCUT2D eigenvalue weighted by Crippen LogP contribution is -2.33. The highest BCUT2D eigenvalue weighted by molar-refractivity contribution is 5.94. The molecule has 3 N–H and O–H groups in total. The summed E-state index contributed by atoms with van der Waals surface area (Å²) in [6.07, 6.45) is 0.750. The van der Waals surface area contributed by atoms with E-state index in [1.807, 2.05) is 26.0 Å². The van der Waals surface area contributed by atoms with Gasteiger partial charge >= 0.3 is 0 Å². The molecule has 150 valence electrons. The molecule has 4 heterocycles. The molecule has 1 atom stereocenters. The van der Waals surface area contributed by atoms with Gasteiger partial charge in [0.15, 0.2) is 5.82 Å². The average Bonchev–Trinajstić information content (AvgIpc) is 3.30. The molecule has 1 aliphatic heterocycles. The number of carbonyl (C=O) groups excluding carboxylic acids is 1. The summed E-state index contributed by atoms with van der Waals surface area (Å²) in [6, 6.07) is 7.07. The highest BCUT2D eigenvalue weighted by atomic mass is 16.2. The van der Waals surface area contributed by atoms with E-state index in [4.69, 9.17) is 0 Å². The number of likely N-dealkylation sites (tertiary alicyclic amines) is 1. The summed E-state index contributed by atoms with van der Waals surface area (Å²) in [7, 11) is 0. The van der Waals surface area contributed by atoms with Crippen molar-refractivity contribution in [3.63, 3.8) is 0 Å². The van der Waals surface area contributed by atoms with Crippen molar-refractivity contribution in [1.29, 1.82) is 0 Å².